The second-order valence-electron chi connectivity index (χ2n) is 7.52. The van der Waals surface area contributed by atoms with Gasteiger partial charge in [-0.3, -0.25) is 4.90 Å². The molecule has 0 aliphatic carbocycles. The highest BCUT2D eigenvalue weighted by Crippen LogP contribution is 2.27. The topological polar surface area (TPSA) is 43.4 Å². The van der Waals surface area contributed by atoms with Crippen LogP contribution >= 0.6 is 0 Å². The molecular weight excluding hydrogens is 357 g/mol. The molecule has 1 saturated heterocycles. The molecule has 0 bridgehead atoms. The number of hydrogen-bond acceptors (Lipinski definition) is 4. The molecule has 1 atom stereocenters. The number of benzene rings is 1. The molecule has 0 radical (unpaired) electrons. The van der Waals surface area contributed by atoms with Crippen LogP contribution in [0.2, 0.25) is 0 Å². The zero-order valence-electron chi connectivity index (χ0n) is 16.4. The summed E-state index contributed by atoms with van der Waals surface area (Å²) in [6.45, 7) is 4.36. The summed E-state index contributed by atoms with van der Waals surface area (Å²) in [5.74, 6) is 1.28. The van der Waals surface area contributed by atoms with Gasteiger partial charge in [-0.25, -0.2) is 9.07 Å². The van der Waals surface area contributed by atoms with E-state index >= 15 is 0 Å². The first-order valence-corrected chi connectivity index (χ1v) is 9.80. The molecule has 4 rings (SSSR count). The Labute approximate surface area is 164 Å². The minimum absolute atomic E-state index is 0.281. The average molecular weight is 383 g/mol. The van der Waals surface area contributed by atoms with E-state index in [1.54, 1.807) is 10.7 Å². The van der Waals surface area contributed by atoms with Gasteiger partial charge in [0.1, 0.15) is 17.3 Å². The first kappa shape index (κ1) is 18.9. The van der Waals surface area contributed by atoms with E-state index in [9.17, 15) is 4.39 Å². The zero-order chi connectivity index (χ0) is 19.5. The number of likely N-dealkylation sites (N-methyl/N-ethyl adjacent to an activating group) is 1. The molecule has 0 spiro atoms. The van der Waals surface area contributed by atoms with Gasteiger partial charge in [0.25, 0.3) is 0 Å². The lowest BCUT2D eigenvalue weighted by molar-refractivity contribution is -0.00257. The van der Waals surface area contributed by atoms with Crippen LogP contribution < -0.4 is 0 Å². The SMILES string of the molecule is Cc1ccc(-c2nn(-c3cccc(F)c3)cc2CN(C)CC2CCCCO2)o1. The quantitative estimate of drug-likeness (QED) is 0.625. The Morgan fingerprint density at radius 3 is 2.86 bits per heavy atom. The first-order chi connectivity index (χ1) is 13.6. The smallest absolute Gasteiger partial charge is 0.154 e. The van der Waals surface area contributed by atoms with Gasteiger partial charge in [0.15, 0.2) is 5.76 Å². The molecule has 1 aliphatic rings. The van der Waals surface area contributed by atoms with Crippen molar-refractivity contribution in [2.45, 2.75) is 38.8 Å². The Hall–Kier alpha value is -2.44. The summed E-state index contributed by atoms with van der Waals surface area (Å²) < 4.78 is 27.1. The normalized spacial score (nSPS) is 17.4. The number of rotatable bonds is 6. The molecule has 28 heavy (non-hydrogen) atoms. The van der Waals surface area contributed by atoms with Crippen molar-refractivity contribution in [2.24, 2.45) is 0 Å². The third-order valence-corrected chi connectivity index (χ3v) is 5.07. The van der Waals surface area contributed by atoms with Crippen molar-refractivity contribution in [3.05, 3.63) is 59.7 Å². The van der Waals surface area contributed by atoms with E-state index in [0.717, 1.165) is 48.8 Å². The molecule has 0 N–H and O–H groups in total. The Balaban J connectivity index is 1.60. The minimum atomic E-state index is -0.281. The summed E-state index contributed by atoms with van der Waals surface area (Å²) in [6.07, 6.45) is 5.73. The molecule has 3 aromatic rings. The first-order valence-electron chi connectivity index (χ1n) is 9.80. The fourth-order valence-electron chi connectivity index (χ4n) is 3.70. The molecular formula is C22H26FN3O2. The standard InChI is InChI=1S/C22H26FN3O2/c1-16-9-10-21(28-16)22-17(13-25(2)15-20-8-3-4-11-27-20)14-26(24-22)19-7-5-6-18(23)12-19/h5-7,9-10,12,14,20H,3-4,8,11,13,15H2,1-2H3. The Morgan fingerprint density at radius 2 is 2.14 bits per heavy atom. The zero-order valence-corrected chi connectivity index (χ0v) is 16.4. The minimum Gasteiger partial charge on any atom is -0.460 e. The van der Waals surface area contributed by atoms with Crippen LogP contribution in [0, 0.1) is 12.7 Å². The van der Waals surface area contributed by atoms with Gasteiger partial charge >= 0.3 is 0 Å². The fourth-order valence-corrected chi connectivity index (χ4v) is 3.70. The highest BCUT2D eigenvalue weighted by Gasteiger charge is 2.20. The summed E-state index contributed by atoms with van der Waals surface area (Å²) in [7, 11) is 2.09. The molecule has 1 aromatic carbocycles. The molecule has 148 valence electrons. The third-order valence-electron chi connectivity index (χ3n) is 5.07. The second kappa shape index (κ2) is 8.29. The summed E-state index contributed by atoms with van der Waals surface area (Å²) in [5, 5.41) is 4.70. The van der Waals surface area contributed by atoms with Crippen LogP contribution in [0.3, 0.4) is 0 Å². The van der Waals surface area contributed by atoms with Gasteiger partial charge in [-0.05, 0) is 63.6 Å². The van der Waals surface area contributed by atoms with Gasteiger partial charge in [0, 0.05) is 31.5 Å². The lowest BCUT2D eigenvalue weighted by atomic mass is 10.1. The Morgan fingerprint density at radius 1 is 1.25 bits per heavy atom. The molecule has 3 heterocycles. The van der Waals surface area contributed by atoms with E-state index in [2.05, 4.69) is 11.9 Å². The van der Waals surface area contributed by atoms with Crippen LogP contribution in [0.15, 0.2) is 47.0 Å². The van der Waals surface area contributed by atoms with E-state index < -0.39 is 0 Å². The van der Waals surface area contributed by atoms with E-state index in [-0.39, 0.29) is 11.9 Å². The maximum absolute atomic E-state index is 13.7. The van der Waals surface area contributed by atoms with Crippen LogP contribution in [0.5, 0.6) is 0 Å². The molecule has 0 amide bonds. The van der Waals surface area contributed by atoms with Crippen molar-refractivity contribution in [3.63, 3.8) is 0 Å². The summed E-state index contributed by atoms with van der Waals surface area (Å²) in [4.78, 5) is 2.25. The van der Waals surface area contributed by atoms with Crippen LogP contribution in [0.1, 0.15) is 30.6 Å². The van der Waals surface area contributed by atoms with Crippen molar-refractivity contribution < 1.29 is 13.5 Å². The number of halogens is 1. The maximum Gasteiger partial charge on any atom is 0.154 e. The Bertz CT molecular complexity index is 928. The van der Waals surface area contributed by atoms with E-state index in [0.29, 0.717) is 12.2 Å². The maximum atomic E-state index is 13.7. The molecule has 1 fully saturated rings. The molecule has 1 unspecified atom stereocenters. The van der Waals surface area contributed by atoms with Gasteiger partial charge < -0.3 is 9.15 Å². The molecule has 5 nitrogen and oxygen atoms in total. The third kappa shape index (κ3) is 4.34. The van der Waals surface area contributed by atoms with Crippen molar-refractivity contribution in [1.82, 2.24) is 14.7 Å². The fraction of sp³-hybridized carbons (Fsp3) is 0.409. The molecule has 6 heteroatoms. The predicted molar refractivity (Wildman–Crippen MR) is 106 cm³/mol. The van der Waals surface area contributed by atoms with Crippen molar-refractivity contribution in [2.75, 3.05) is 20.2 Å². The molecule has 0 saturated carbocycles. The monoisotopic (exact) mass is 383 g/mol. The number of hydrogen-bond donors (Lipinski definition) is 0. The lowest BCUT2D eigenvalue weighted by Crippen LogP contribution is -2.33. The van der Waals surface area contributed by atoms with Crippen molar-refractivity contribution >= 4 is 0 Å². The van der Waals surface area contributed by atoms with Crippen LogP contribution in [-0.2, 0) is 11.3 Å². The van der Waals surface area contributed by atoms with Gasteiger partial charge in [-0.15, -0.1) is 0 Å². The largest absolute Gasteiger partial charge is 0.460 e. The van der Waals surface area contributed by atoms with Crippen LogP contribution in [-0.4, -0.2) is 41.0 Å². The van der Waals surface area contributed by atoms with E-state index in [4.69, 9.17) is 14.3 Å². The highest BCUT2D eigenvalue weighted by molar-refractivity contribution is 5.57. The Kier molecular flexibility index (Phi) is 5.59. The number of nitrogens with zero attached hydrogens (tertiary/aromatic N) is 3. The van der Waals surface area contributed by atoms with Gasteiger partial charge in [-0.2, -0.15) is 5.10 Å². The second-order valence-corrected chi connectivity index (χ2v) is 7.52. The van der Waals surface area contributed by atoms with Gasteiger partial charge in [0.2, 0.25) is 0 Å². The van der Waals surface area contributed by atoms with Crippen LogP contribution in [0.4, 0.5) is 4.39 Å². The average Bonchev–Trinajstić information content (AvgIpc) is 3.29. The predicted octanol–water partition coefficient (Wildman–Crippen LogP) is 4.58. The van der Waals surface area contributed by atoms with Crippen molar-refractivity contribution in [1.29, 1.82) is 0 Å². The summed E-state index contributed by atoms with van der Waals surface area (Å²) in [6, 6.07) is 10.3. The summed E-state index contributed by atoms with van der Waals surface area (Å²) in [5.41, 5.74) is 2.51. The van der Waals surface area contributed by atoms with E-state index in [1.807, 2.05) is 31.3 Å². The van der Waals surface area contributed by atoms with Gasteiger partial charge in [0.05, 0.1) is 11.8 Å². The highest BCUT2D eigenvalue weighted by atomic mass is 19.1. The van der Waals surface area contributed by atoms with E-state index in [1.165, 1.54) is 18.6 Å². The molecule has 1 aliphatic heterocycles. The number of aromatic nitrogens is 2. The number of furan rings is 1. The lowest BCUT2D eigenvalue weighted by Gasteiger charge is -2.27. The molecule has 2 aromatic heterocycles. The number of aryl methyl sites for hydroxylation is 1. The number of ether oxygens (including phenoxy) is 1. The van der Waals surface area contributed by atoms with Gasteiger partial charge in [-0.1, -0.05) is 6.07 Å². The van der Waals surface area contributed by atoms with Crippen molar-refractivity contribution in [3.8, 4) is 17.1 Å². The van der Waals surface area contributed by atoms with Crippen LogP contribution in [0.25, 0.3) is 17.1 Å². The summed E-state index contributed by atoms with van der Waals surface area (Å²) >= 11 is 0.